The Morgan fingerprint density at radius 3 is 2.81 bits per heavy atom. The number of aliphatic hydroxyl groups excluding tert-OH is 1. The van der Waals surface area contributed by atoms with E-state index in [1.54, 1.807) is 0 Å². The van der Waals surface area contributed by atoms with Crippen molar-refractivity contribution in [3.8, 4) is 0 Å². The number of benzene rings is 1. The van der Waals surface area contributed by atoms with Gasteiger partial charge < -0.3 is 10.4 Å². The molecule has 0 spiro atoms. The molecule has 1 heterocycles. The Hall–Kier alpha value is -1.26. The van der Waals surface area contributed by atoms with Crippen LogP contribution in [-0.4, -0.2) is 24.3 Å². The maximum Gasteiger partial charge on any atom is 0.159 e. The number of nitrogens with one attached hydrogen (secondary N) is 1. The average Bonchev–Trinajstić information content (AvgIpc) is 2.32. The topological polar surface area (TPSA) is 32.3 Å². The summed E-state index contributed by atoms with van der Waals surface area (Å²) in [5.74, 6) is -1.71. The van der Waals surface area contributed by atoms with Gasteiger partial charge in [0, 0.05) is 0 Å². The SMILES string of the molecule is OCC1NCCC=C1c1ccc(F)c(F)c1. The Morgan fingerprint density at radius 1 is 1.31 bits per heavy atom. The molecule has 1 aromatic carbocycles. The fourth-order valence-electron chi connectivity index (χ4n) is 1.90. The van der Waals surface area contributed by atoms with Crippen molar-refractivity contribution < 1.29 is 13.9 Å². The van der Waals surface area contributed by atoms with Crippen molar-refractivity contribution in [3.63, 3.8) is 0 Å². The minimum Gasteiger partial charge on any atom is -0.394 e. The van der Waals surface area contributed by atoms with Crippen molar-refractivity contribution in [3.05, 3.63) is 41.5 Å². The summed E-state index contributed by atoms with van der Waals surface area (Å²) in [6.07, 6.45) is 2.77. The maximum absolute atomic E-state index is 13.1. The second-order valence-corrected chi connectivity index (χ2v) is 3.77. The molecule has 0 aromatic heterocycles. The van der Waals surface area contributed by atoms with Crippen LogP contribution in [0.4, 0.5) is 8.78 Å². The van der Waals surface area contributed by atoms with Crippen molar-refractivity contribution in [2.45, 2.75) is 12.5 Å². The summed E-state index contributed by atoms with van der Waals surface area (Å²) in [7, 11) is 0. The van der Waals surface area contributed by atoms with Gasteiger partial charge in [0.05, 0.1) is 12.6 Å². The molecule has 0 fully saturated rings. The van der Waals surface area contributed by atoms with Gasteiger partial charge in [0.2, 0.25) is 0 Å². The number of hydrogen-bond donors (Lipinski definition) is 2. The summed E-state index contributed by atoms with van der Waals surface area (Å²) in [6.45, 7) is 0.739. The first-order valence-electron chi connectivity index (χ1n) is 5.22. The van der Waals surface area contributed by atoms with Crippen LogP contribution < -0.4 is 5.32 Å². The lowest BCUT2D eigenvalue weighted by atomic mass is 9.95. The van der Waals surface area contributed by atoms with Crippen LogP contribution >= 0.6 is 0 Å². The van der Waals surface area contributed by atoms with Gasteiger partial charge in [-0.05, 0) is 36.2 Å². The van der Waals surface area contributed by atoms with Crippen LogP contribution in [0.5, 0.6) is 0 Å². The van der Waals surface area contributed by atoms with Crippen LogP contribution in [0.25, 0.3) is 5.57 Å². The second-order valence-electron chi connectivity index (χ2n) is 3.77. The van der Waals surface area contributed by atoms with Gasteiger partial charge in [-0.25, -0.2) is 8.78 Å². The lowest BCUT2D eigenvalue weighted by Gasteiger charge is -2.24. The monoisotopic (exact) mass is 225 g/mol. The average molecular weight is 225 g/mol. The second kappa shape index (κ2) is 4.72. The third-order valence-corrected chi connectivity index (χ3v) is 2.71. The molecule has 2 rings (SSSR count). The molecule has 1 aliphatic rings. The Morgan fingerprint density at radius 2 is 2.12 bits per heavy atom. The van der Waals surface area contributed by atoms with E-state index in [4.69, 9.17) is 0 Å². The van der Waals surface area contributed by atoms with Gasteiger partial charge in [0.15, 0.2) is 11.6 Å². The minimum absolute atomic E-state index is 0.0508. The number of rotatable bonds is 2. The largest absolute Gasteiger partial charge is 0.394 e. The quantitative estimate of drug-likeness (QED) is 0.803. The maximum atomic E-state index is 13.1. The summed E-state index contributed by atoms with van der Waals surface area (Å²) >= 11 is 0. The van der Waals surface area contributed by atoms with Crippen LogP contribution in [0, 0.1) is 11.6 Å². The summed E-state index contributed by atoms with van der Waals surface area (Å²) < 4.78 is 25.9. The highest BCUT2D eigenvalue weighted by atomic mass is 19.2. The van der Waals surface area contributed by atoms with Gasteiger partial charge in [-0.3, -0.25) is 0 Å². The highest BCUT2D eigenvalue weighted by Gasteiger charge is 2.18. The molecule has 0 bridgehead atoms. The Bertz CT molecular complexity index is 417. The van der Waals surface area contributed by atoms with E-state index < -0.39 is 11.6 Å². The molecule has 0 amide bonds. The van der Waals surface area contributed by atoms with Crippen LogP contribution in [0.3, 0.4) is 0 Å². The molecule has 1 atom stereocenters. The van der Waals surface area contributed by atoms with E-state index in [0.717, 1.165) is 30.7 Å². The molecule has 1 aliphatic heterocycles. The van der Waals surface area contributed by atoms with Crippen molar-refractivity contribution in [2.75, 3.05) is 13.2 Å². The lowest BCUT2D eigenvalue weighted by Crippen LogP contribution is -2.36. The molecule has 1 aromatic rings. The molecule has 1 unspecified atom stereocenters. The van der Waals surface area contributed by atoms with Crippen LogP contribution in [0.1, 0.15) is 12.0 Å². The van der Waals surface area contributed by atoms with E-state index in [1.807, 2.05) is 6.08 Å². The van der Waals surface area contributed by atoms with Gasteiger partial charge >= 0.3 is 0 Å². The standard InChI is InChI=1S/C12H13F2NO/c13-10-4-3-8(6-11(10)14)9-2-1-5-15-12(9)7-16/h2-4,6,12,15-16H,1,5,7H2. The first-order chi connectivity index (χ1) is 7.72. The van der Waals surface area contributed by atoms with Crippen molar-refractivity contribution >= 4 is 5.57 Å². The molecule has 86 valence electrons. The summed E-state index contributed by atoms with van der Waals surface area (Å²) in [6, 6.07) is 3.60. The molecule has 0 saturated heterocycles. The molecule has 2 nitrogen and oxygen atoms in total. The molecular weight excluding hydrogens is 212 g/mol. The van der Waals surface area contributed by atoms with Crippen molar-refractivity contribution in [1.29, 1.82) is 0 Å². The molecule has 0 radical (unpaired) electrons. The predicted octanol–water partition coefficient (Wildman–Crippen LogP) is 1.70. The van der Waals surface area contributed by atoms with Gasteiger partial charge in [-0.1, -0.05) is 12.1 Å². The first kappa shape index (κ1) is 11.2. The first-order valence-corrected chi connectivity index (χ1v) is 5.22. The van der Waals surface area contributed by atoms with E-state index >= 15 is 0 Å². The predicted molar refractivity (Wildman–Crippen MR) is 57.8 cm³/mol. The van der Waals surface area contributed by atoms with E-state index in [0.29, 0.717) is 5.56 Å². The Labute approximate surface area is 92.6 Å². The van der Waals surface area contributed by atoms with Crippen LogP contribution in [-0.2, 0) is 0 Å². The highest BCUT2D eigenvalue weighted by Crippen LogP contribution is 2.23. The fourth-order valence-corrected chi connectivity index (χ4v) is 1.90. The third-order valence-electron chi connectivity index (χ3n) is 2.71. The Kier molecular flexibility index (Phi) is 3.31. The van der Waals surface area contributed by atoms with Crippen molar-refractivity contribution in [2.24, 2.45) is 0 Å². The van der Waals surface area contributed by atoms with Crippen molar-refractivity contribution in [1.82, 2.24) is 5.32 Å². The third kappa shape index (κ3) is 2.13. The Balaban J connectivity index is 2.35. The van der Waals surface area contributed by atoms with Gasteiger partial charge in [0.25, 0.3) is 0 Å². The zero-order chi connectivity index (χ0) is 11.5. The summed E-state index contributed by atoms with van der Waals surface area (Å²) in [5, 5.41) is 12.3. The fraction of sp³-hybridized carbons (Fsp3) is 0.333. The number of halogens is 2. The van der Waals surface area contributed by atoms with E-state index in [9.17, 15) is 13.9 Å². The minimum atomic E-state index is -0.860. The molecule has 4 heteroatoms. The van der Waals surface area contributed by atoms with Gasteiger partial charge in [0.1, 0.15) is 0 Å². The molecule has 16 heavy (non-hydrogen) atoms. The molecule has 2 N–H and O–H groups in total. The van der Waals surface area contributed by atoms with Gasteiger partial charge in [-0.15, -0.1) is 0 Å². The number of aliphatic hydroxyl groups is 1. The summed E-state index contributed by atoms with van der Waals surface area (Å²) in [5.41, 5.74) is 1.44. The van der Waals surface area contributed by atoms with E-state index in [-0.39, 0.29) is 12.6 Å². The highest BCUT2D eigenvalue weighted by molar-refractivity contribution is 5.70. The lowest BCUT2D eigenvalue weighted by molar-refractivity contribution is 0.266. The summed E-state index contributed by atoms with van der Waals surface area (Å²) in [4.78, 5) is 0. The van der Waals surface area contributed by atoms with Gasteiger partial charge in [-0.2, -0.15) is 0 Å². The normalized spacial score (nSPS) is 20.7. The van der Waals surface area contributed by atoms with E-state index in [2.05, 4.69) is 5.32 Å². The van der Waals surface area contributed by atoms with Crippen LogP contribution in [0.2, 0.25) is 0 Å². The zero-order valence-electron chi connectivity index (χ0n) is 8.71. The zero-order valence-corrected chi connectivity index (χ0v) is 8.71. The molecule has 0 saturated carbocycles. The number of hydrogen-bond acceptors (Lipinski definition) is 2. The van der Waals surface area contributed by atoms with Crippen LogP contribution in [0.15, 0.2) is 24.3 Å². The van der Waals surface area contributed by atoms with E-state index in [1.165, 1.54) is 6.07 Å². The molecule has 0 aliphatic carbocycles. The molecular formula is C12H13F2NO. The smallest absolute Gasteiger partial charge is 0.159 e.